The predicted octanol–water partition coefficient (Wildman–Crippen LogP) is 0.755. The van der Waals surface area contributed by atoms with Crippen LogP contribution in [0.4, 0.5) is 0 Å². The van der Waals surface area contributed by atoms with E-state index in [-0.39, 0.29) is 6.61 Å². The number of aryl methyl sites for hydroxylation is 1. The molecular weight excluding hydrogens is 292 g/mol. The van der Waals surface area contributed by atoms with Gasteiger partial charge >= 0.3 is 0 Å². The summed E-state index contributed by atoms with van der Waals surface area (Å²) in [6, 6.07) is 3.74. The molecule has 1 fully saturated rings. The molecule has 2 aromatic rings. The molecule has 112 valence electrons. The van der Waals surface area contributed by atoms with Crippen LogP contribution in [0.5, 0.6) is 0 Å². The van der Waals surface area contributed by atoms with Crippen molar-refractivity contribution in [1.29, 1.82) is 0 Å². The Hall–Kier alpha value is -1.38. The van der Waals surface area contributed by atoms with Crippen molar-refractivity contribution in [2.45, 2.75) is 31.3 Å². The first-order chi connectivity index (χ1) is 10.0. The molecule has 0 bridgehead atoms. The lowest BCUT2D eigenvalue weighted by Crippen LogP contribution is -2.32. The standard InChI is InChI=1S/C14H16N2O4S/c1-6-2-7-3-8(14(21)16-13(7)15-4-6)12-11(19)10(18)9(5-17)20-12/h2-4,9-12,17-19H,5H2,1H3,(H,15,16,21). The molecule has 1 aliphatic rings. The lowest BCUT2D eigenvalue weighted by molar-refractivity contribution is -0.0229. The quantitative estimate of drug-likeness (QED) is 0.611. The van der Waals surface area contributed by atoms with Crippen molar-refractivity contribution >= 4 is 23.3 Å². The van der Waals surface area contributed by atoms with Gasteiger partial charge in [-0.05, 0) is 24.6 Å². The van der Waals surface area contributed by atoms with Gasteiger partial charge in [-0.25, -0.2) is 4.98 Å². The third kappa shape index (κ3) is 2.47. The lowest BCUT2D eigenvalue weighted by Gasteiger charge is -2.15. The summed E-state index contributed by atoms with van der Waals surface area (Å²) in [5.41, 5.74) is 2.23. The van der Waals surface area contributed by atoms with E-state index in [2.05, 4.69) is 9.97 Å². The maximum atomic E-state index is 10.1. The van der Waals surface area contributed by atoms with E-state index in [4.69, 9.17) is 22.1 Å². The normalized spacial score (nSPS) is 29.1. The number of fused-ring (bicyclic) bond motifs is 1. The summed E-state index contributed by atoms with van der Waals surface area (Å²) in [4.78, 5) is 7.26. The number of nitrogens with one attached hydrogen (secondary N) is 1. The van der Waals surface area contributed by atoms with Gasteiger partial charge in [0, 0.05) is 17.1 Å². The molecule has 1 saturated heterocycles. The fourth-order valence-corrected chi connectivity index (χ4v) is 2.86. The van der Waals surface area contributed by atoms with Gasteiger partial charge in [-0.3, -0.25) is 0 Å². The number of ether oxygens (including phenoxy) is 1. The minimum atomic E-state index is -1.14. The molecule has 0 aliphatic carbocycles. The van der Waals surface area contributed by atoms with E-state index in [1.54, 1.807) is 12.3 Å². The molecule has 0 amide bonds. The number of H-pyrrole nitrogens is 1. The molecule has 4 atom stereocenters. The van der Waals surface area contributed by atoms with Crippen molar-refractivity contribution in [3.63, 3.8) is 0 Å². The van der Waals surface area contributed by atoms with Crippen LogP contribution in [0.25, 0.3) is 11.0 Å². The number of aliphatic hydroxyl groups is 3. The van der Waals surface area contributed by atoms with Crippen LogP contribution in [0.1, 0.15) is 17.2 Å². The molecule has 7 heteroatoms. The second-order valence-electron chi connectivity index (χ2n) is 5.26. The molecule has 3 rings (SSSR count). The fraction of sp³-hybridized carbons (Fsp3) is 0.429. The highest BCUT2D eigenvalue weighted by molar-refractivity contribution is 7.71. The van der Waals surface area contributed by atoms with Crippen LogP contribution in [-0.4, -0.2) is 50.2 Å². The Morgan fingerprint density at radius 3 is 2.76 bits per heavy atom. The van der Waals surface area contributed by atoms with Crippen LogP contribution in [0, 0.1) is 11.6 Å². The number of aliphatic hydroxyl groups excluding tert-OH is 3. The number of aromatic nitrogens is 2. The van der Waals surface area contributed by atoms with E-state index in [9.17, 15) is 10.2 Å². The Morgan fingerprint density at radius 1 is 1.33 bits per heavy atom. The van der Waals surface area contributed by atoms with E-state index in [0.717, 1.165) is 10.9 Å². The maximum absolute atomic E-state index is 10.1. The topological polar surface area (TPSA) is 98.6 Å². The molecule has 2 aromatic heterocycles. The van der Waals surface area contributed by atoms with E-state index in [1.165, 1.54) is 0 Å². The molecular formula is C14H16N2O4S. The maximum Gasteiger partial charge on any atom is 0.138 e. The van der Waals surface area contributed by atoms with E-state index in [1.807, 2.05) is 13.0 Å². The highest BCUT2D eigenvalue weighted by Crippen LogP contribution is 2.34. The van der Waals surface area contributed by atoms with Crippen LogP contribution in [0.3, 0.4) is 0 Å². The van der Waals surface area contributed by atoms with Crippen molar-refractivity contribution < 1.29 is 20.1 Å². The average Bonchev–Trinajstić information content (AvgIpc) is 2.75. The summed E-state index contributed by atoms with van der Waals surface area (Å²) in [5, 5.41) is 29.9. The molecule has 21 heavy (non-hydrogen) atoms. The molecule has 0 radical (unpaired) electrons. The number of pyridine rings is 2. The Balaban J connectivity index is 2.08. The van der Waals surface area contributed by atoms with Crippen molar-refractivity contribution in [2.24, 2.45) is 0 Å². The van der Waals surface area contributed by atoms with Gasteiger partial charge in [0.25, 0.3) is 0 Å². The Kier molecular flexibility index (Phi) is 3.76. The largest absolute Gasteiger partial charge is 0.394 e. The van der Waals surface area contributed by atoms with Gasteiger partial charge in [0.1, 0.15) is 34.7 Å². The van der Waals surface area contributed by atoms with Gasteiger partial charge in [0.2, 0.25) is 0 Å². The first-order valence-electron chi connectivity index (χ1n) is 6.63. The second kappa shape index (κ2) is 5.43. The summed E-state index contributed by atoms with van der Waals surface area (Å²) in [5.74, 6) is 0. The minimum absolute atomic E-state index is 0.362. The monoisotopic (exact) mass is 308 g/mol. The van der Waals surface area contributed by atoms with Gasteiger partial charge in [-0.2, -0.15) is 0 Å². The van der Waals surface area contributed by atoms with Crippen molar-refractivity contribution in [3.8, 4) is 0 Å². The van der Waals surface area contributed by atoms with Crippen LogP contribution >= 0.6 is 12.2 Å². The van der Waals surface area contributed by atoms with Gasteiger partial charge in [-0.1, -0.05) is 12.2 Å². The zero-order valence-corrected chi connectivity index (χ0v) is 12.2. The SMILES string of the molecule is Cc1cnc2[nH]c(=S)c(C3OC(CO)C(O)C3O)cc2c1. The number of hydrogen-bond acceptors (Lipinski definition) is 6. The Bertz CT molecular complexity index is 732. The lowest BCUT2D eigenvalue weighted by atomic mass is 10.0. The molecule has 0 spiro atoms. The summed E-state index contributed by atoms with van der Waals surface area (Å²) in [6.45, 7) is 1.57. The summed E-state index contributed by atoms with van der Waals surface area (Å²) in [7, 11) is 0. The second-order valence-corrected chi connectivity index (χ2v) is 5.67. The minimum Gasteiger partial charge on any atom is -0.394 e. The van der Waals surface area contributed by atoms with Gasteiger partial charge in [0.15, 0.2) is 0 Å². The van der Waals surface area contributed by atoms with Crippen molar-refractivity contribution in [3.05, 3.63) is 34.1 Å². The Labute approximate surface area is 126 Å². The third-order valence-electron chi connectivity index (χ3n) is 3.71. The highest BCUT2D eigenvalue weighted by atomic mass is 32.1. The number of rotatable bonds is 2. The van der Waals surface area contributed by atoms with Crippen LogP contribution in [0.15, 0.2) is 18.3 Å². The zero-order valence-electron chi connectivity index (χ0n) is 11.4. The van der Waals surface area contributed by atoms with Crippen LogP contribution < -0.4 is 0 Å². The summed E-state index contributed by atoms with van der Waals surface area (Å²) >= 11 is 5.28. The molecule has 4 unspecified atom stereocenters. The van der Waals surface area contributed by atoms with Crippen molar-refractivity contribution in [2.75, 3.05) is 6.61 Å². The number of nitrogens with zero attached hydrogens (tertiary/aromatic N) is 1. The molecule has 3 heterocycles. The molecule has 6 nitrogen and oxygen atoms in total. The molecule has 4 N–H and O–H groups in total. The fourth-order valence-electron chi connectivity index (χ4n) is 2.59. The molecule has 0 saturated carbocycles. The summed E-state index contributed by atoms with van der Waals surface area (Å²) < 4.78 is 5.92. The zero-order chi connectivity index (χ0) is 15.1. The van der Waals surface area contributed by atoms with E-state index in [0.29, 0.717) is 15.9 Å². The highest BCUT2D eigenvalue weighted by Gasteiger charge is 2.43. The average molecular weight is 308 g/mol. The smallest absolute Gasteiger partial charge is 0.138 e. The number of aromatic amines is 1. The third-order valence-corrected chi connectivity index (χ3v) is 4.05. The first-order valence-corrected chi connectivity index (χ1v) is 7.04. The molecule has 1 aliphatic heterocycles. The van der Waals surface area contributed by atoms with Crippen molar-refractivity contribution in [1.82, 2.24) is 9.97 Å². The predicted molar refractivity (Wildman–Crippen MR) is 78.4 cm³/mol. The first kappa shape index (κ1) is 14.6. The van der Waals surface area contributed by atoms with Crippen LogP contribution in [-0.2, 0) is 4.74 Å². The van der Waals surface area contributed by atoms with Crippen LogP contribution in [0.2, 0.25) is 0 Å². The van der Waals surface area contributed by atoms with Gasteiger partial charge in [-0.15, -0.1) is 0 Å². The number of hydrogen-bond donors (Lipinski definition) is 4. The van der Waals surface area contributed by atoms with E-state index < -0.39 is 24.4 Å². The van der Waals surface area contributed by atoms with Gasteiger partial charge in [0.05, 0.1) is 6.61 Å². The summed E-state index contributed by atoms with van der Waals surface area (Å²) in [6.07, 6.45) is -2.12. The van der Waals surface area contributed by atoms with E-state index >= 15 is 0 Å². The van der Waals surface area contributed by atoms with Gasteiger partial charge < -0.3 is 25.0 Å². The Morgan fingerprint density at radius 2 is 2.10 bits per heavy atom. The molecule has 0 aromatic carbocycles.